The summed E-state index contributed by atoms with van der Waals surface area (Å²) in [7, 11) is 0. The molecule has 6 heteroatoms. The second kappa shape index (κ2) is 6.39. The van der Waals surface area contributed by atoms with Gasteiger partial charge in [-0.15, -0.1) is 0 Å². The highest BCUT2D eigenvalue weighted by Gasteiger charge is 2.48. The van der Waals surface area contributed by atoms with Crippen LogP contribution in [0.15, 0.2) is 18.5 Å². The molecule has 134 valence electrons. The van der Waals surface area contributed by atoms with Crippen LogP contribution >= 0.6 is 0 Å². The van der Waals surface area contributed by atoms with E-state index in [1.807, 2.05) is 0 Å². The molecule has 0 aromatic carbocycles. The van der Waals surface area contributed by atoms with Gasteiger partial charge in [-0.25, -0.2) is 4.39 Å². The van der Waals surface area contributed by atoms with Crippen LogP contribution < -0.4 is 5.32 Å². The predicted octanol–water partition coefficient (Wildman–Crippen LogP) is 2.66. The van der Waals surface area contributed by atoms with E-state index in [0.717, 1.165) is 44.8 Å². The van der Waals surface area contributed by atoms with Gasteiger partial charge in [0.25, 0.3) is 5.91 Å². The van der Waals surface area contributed by atoms with Crippen molar-refractivity contribution < 1.29 is 14.0 Å². The number of hydrogen-bond acceptors (Lipinski definition) is 3. The second-order valence-electron chi connectivity index (χ2n) is 7.78. The lowest BCUT2D eigenvalue weighted by Gasteiger charge is -2.44. The van der Waals surface area contributed by atoms with Gasteiger partial charge in [-0.1, -0.05) is 0 Å². The summed E-state index contributed by atoms with van der Waals surface area (Å²) in [6.07, 6.45) is 10.1. The molecule has 2 saturated carbocycles. The van der Waals surface area contributed by atoms with Crippen LogP contribution in [0.1, 0.15) is 61.7 Å². The molecule has 0 bridgehead atoms. The summed E-state index contributed by atoms with van der Waals surface area (Å²) >= 11 is 0. The zero-order valence-electron chi connectivity index (χ0n) is 14.3. The van der Waals surface area contributed by atoms with E-state index in [1.54, 1.807) is 0 Å². The second-order valence-corrected chi connectivity index (χ2v) is 7.78. The minimum absolute atomic E-state index is 0.00280. The van der Waals surface area contributed by atoms with Gasteiger partial charge in [0.1, 0.15) is 0 Å². The van der Waals surface area contributed by atoms with Crippen molar-refractivity contribution >= 4 is 11.8 Å². The van der Waals surface area contributed by atoms with Crippen LogP contribution in [-0.4, -0.2) is 39.8 Å². The molecule has 2 aliphatic carbocycles. The van der Waals surface area contributed by atoms with Crippen LogP contribution in [0.3, 0.4) is 0 Å². The van der Waals surface area contributed by atoms with Gasteiger partial charge < -0.3 is 10.2 Å². The third-order valence-electron chi connectivity index (χ3n) is 6.08. The van der Waals surface area contributed by atoms with Crippen LogP contribution in [-0.2, 0) is 4.79 Å². The molecule has 0 atom stereocenters. The molecule has 1 spiro atoms. The number of nitrogens with one attached hydrogen (secondary N) is 1. The first-order valence-electron chi connectivity index (χ1n) is 9.28. The minimum Gasteiger partial charge on any atom is -0.349 e. The van der Waals surface area contributed by atoms with Crippen molar-refractivity contribution in [3.8, 4) is 0 Å². The summed E-state index contributed by atoms with van der Waals surface area (Å²) in [5.74, 6) is 0.0294. The summed E-state index contributed by atoms with van der Waals surface area (Å²) < 4.78 is 13.7. The molecule has 5 nitrogen and oxygen atoms in total. The Labute approximate surface area is 147 Å². The first-order valence-corrected chi connectivity index (χ1v) is 9.28. The zero-order valence-corrected chi connectivity index (χ0v) is 14.3. The molecule has 25 heavy (non-hydrogen) atoms. The number of rotatable bonds is 4. The van der Waals surface area contributed by atoms with E-state index < -0.39 is 5.82 Å². The first kappa shape index (κ1) is 16.5. The van der Waals surface area contributed by atoms with Gasteiger partial charge in [0.15, 0.2) is 5.82 Å². The van der Waals surface area contributed by atoms with Crippen molar-refractivity contribution in [1.29, 1.82) is 0 Å². The number of pyridine rings is 1. The summed E-state index contributed by atoms with van der Waals surface area (Å²) in [5.41, 5.74) is 0.0460. The average molecular weight is 345 g/mol. The largest absolute Gasteiger partial charge is 0.349 e. The normalized spacial score (nSPS) is 29.2. The van der Waals surface area contributed by atoms with Gasteiger partial charge in [-0.2, -0.15) is 0 Å². The summed E-state index contributed by atoms with van der Waals surface area (Å²) in [6.45, 7) is 0.915. The smallest absolute Gasteiger partial charge is 0.254 e. The fourth-order valence-corrected chi connectivity index (χ4v) is 4.37. The molecule has 1 saturated heterocycles. The van der Waals surface area contributed by atoms with Crippen LogP contribution in [0.4, 0.5) is 4.39 Å². The van der Waals surface area contributed by atoms with Crippen LogP contribution in [0.2, 0.25) is 0 Å². The van der Waals surface area contributed by atoms with E-state index in [4.69, 9.17) is 0 Å². The fraction of sp³-hybridized carbons (Fsp3) is 0.632. The Morgan fingerprint density at radius 1 is 1.28 bits per heavy atom. The number of carbonyl (C=O) groups excluding carboxylic acids is 2. The maximum absolute atomic E-state index is 13.7. The third kappa shape index (κ3) is 3.26. The molecule has 1 aromatic heterocycles. The molecule has 2 heterocycles. The van der Waals surface area contributed by atoms with Crippen molar-refractivity contribution in [2.45, 2.75) is 62.9 Å². The number of aromatic nitrogens is 1. The quantitative estimate of drug-likeness (QED) is 0.912. The maximum Gasteiger partial charge on any atom is 0.254 e. The van der Waals surface area contributed by atoms with Gasteiger partial charge in [0.2, 0.25) is 5.91 Å². The van der Waals surface area contributed by atoms with Crippen LogP contribution in [0.5, 0.6) is 0 Å². The van der Waals surface area contributed by atoms with Crippen molar-refractivity contribution in [3.63, 3.8) is 0 Å². The number of amides is 2. The molecule has 1 N–H and O–H groups in total. The molecule has 1 aliphatic heterocycles. The van der Waals surface area contributed by atoms with E-state index in [9.17, 15) is 14.0 Å². The van der Waals surface area contributed by atoms with Crippen molar-refractivity contribution in [2.75, 3.05) is 6.54 Å². The Kier molecular flexibility index (Phi) is 4.21. The van der Waals surface area contributed by atoms with Crippen LogP contribution in [0, 0.1) is 11.7 Å². The average Bonchev–Trinajstić information content (AvgIpc) is 3.39. The molecular weight excluding hydrogens is 321 g/mol. The van der Waals surface area contributed by atoms with E-state index >= 15 is 0 Å². The Balaban J connectivity index is 1.37. The zero-order chi connectivity index (χ0) is 17.4. The third-order valence-corrected chi connectivity index (χ3v) is 6.08. The number of hydrogen-bond donors (Lipinski definition) is 1. The Bertz CT molecular complexity index is 681. The van der Waals surface area contributed by atoms with E-state index in [1.165, 1.54) is 25.1 Å². The summed E-state index contributed by atoms with van der Waals surface area (Å²) in [6, 6.07) is 1.45. The number of carbonyl (C=O) groups is 2. The van der Waals surface area contributed by atoms with Gasteiger partial charge >= 0.3 is 0 Å². The van der Waals surface area contributed by atoms with Crippen molar-refractivity contribution in [2.24, 2.45) is 5.92 Å². The topological polar surface area (TPSA) is 62.3 Å². The van der Waals surface area contributed by atoms with Crippen LogP contribution in [0.25, 0.3) is 0 Å². The van der Waals surface area contributed by atoms with Gasteiger partial charge in [-0.05, 0) is 56.9 Å². The molecular formula is C19H24FN3O2. The molecule has 0 unspecified atom stereocenters. The maximum atomic E-state index is 13.7. The highest BCUT2D eigenvalue weighted by Crippen LogP contribution is 2.44. The molecule has 0 radical (unpaired) electrons. The van der Waals surface area contributed by atoms with Gasteiger partial charge in [0, 0.05) is 30.7 Å². The molecule has 3 fully saturated rings. The molecule has 1 aromatic rings. The Morgan fingerprint density at radius 3 is 2.72 bits per heavy atom. The predicted molar refractivity (Wildman–Crippen MR) is 90.3 cm³/mol. The van der Waals surface area contributed by atoms with Crippen molar-refractivity contribution in [1.82, 2.24) is 15.2 Å². The van der Waals surface area contributed by atoms with Gasteiger partial charge in [0.05, 0.1) is 11.8 Å². The summed E-state index contributed by atoms with van der Waals surface area (Å²) in [5, 5.41) is 2.95. The Morgan fingerprint density at radius 2 is 2.04 bits per heavy atom. The number of nitrogens with zero attached hydrogens (tertiary/aromatic N) is 2. The minimum atomic E-state index is -0.593. The van der Waals surface area contributed by atoms with Crippen molar-refractivity contribution in [3.05, 3.63) is 29.8 Å². The first-order chi connectivity index (χ1) is 12.1. The monoisotopic (exact) mass is 345 g/mol. The lowest BCUT2D eigenvalue weighted by Crippen LogP contribution is -2.51. The molecule has 4 rings (SSSR count). The standard InChI is InChI=1S/C19H24FN3O2/c20-16-11-21-10-6-15(16)18(25)22-14-3-7-19(8-4-14)9-5-17(24)23(19)12-13-1-2-13/h6,10-11,13-14H,1-5,7-9,12H2,(H,22,25). The van der Waals surface area contributed by atoms with E-state index in [-0.39, 0.29) is 23.1 Å². The van der Waals surface area contributed by atoms with Gasteiger partial charge in [-0.3, -0.25) is 14.6 Å². The Hall–Kier alpha value is -1.98. The van der Waals surface area contributed by atoms with E-state index in [2.05, 4.69) is 15.2 Å². The highest BCUT2D eigenvalue weighted by atomic mass is 19.1. The van der Waals surface area contributed by atoms with E-state index in [0.29, 0.717) is 18.2 Å². The summed E-state index contributed by atoms with van der Waals surface area (Å²) in [4.78, 5) is 30.4. The highest BCUT2D eigenvalue weighted by molar-refractivity contribution is 5.94. The fourth-order valence-electron chi connectivity index (χ4n) is 4.37. The lowest BCUT2D eigenvalue weighted by atomic mass is 9.77. The molecule has 3 aliphatic rings. The number of likely N-dealkylation sites (tertiary alicyclic amines) is 1. The molecule has 2 amide bonds. The lowest BCUT2D eigenvalue weighted by molar-refractivity contribution is -0.132. The number of halogens is 1. The SMILES string of the molecule is O=C(NC1CCC2(CCC(=O)N2CC2CC2)CC1)c1ccncc1F.